The Labute approximate surface area is 196 Å². The fourth-order valence-electron chi connectivity index (χ4n) is 3.73. The van der Waals surface area contributed by atoms with Gasteiger partial charge in [0.05, 0.1) is 31.2 Å². The molecule has 0 amide bonds. The lowest BCUT2D eigenvalue weighted by molar-refractivity contribution is 0.0101. The third-order valence-electron chi connectivity index (χ3n) is 5.23. The van der Waals surface area contributed by atoms with Crippen molar-refractivity contribution in [3.63, 3.8) is 0 Å². The van der Waals surface area contributed by atoms with Crippen molar-refractivity contribution in [1.82, 2.24) is 14.9 Å². The van der Waals surface area contributed by atoms with Gasteiger partial charge in [-0.3, -0.25) is 9.69 Å². The number of thiophene rings is 1. The van der Waals surface area contributed by atoms with Crippen LogP contribution in [0, 0.1) is 0 Å². The monoisotopic (exact) mass is 461 g/mol. The minimum Gasteiger partial charge on any atom is -0.389 e. The smallest absolute Gasteiger partial charge is 0.260 e. The second kappa shape index (κ2) is 11.2. The molecule has 0 fully saturated rings. The van der Waals surface area contributed by atoms with Gasteiger partial charge in [-0.2, -0.15) is 0 Å². The van der Waals surface area contributed by atoms with Crippen molar-refractivity contribution in [2.24, 2.45) is 0 Å². The second-order valence-electron chi connectivity index (χ2n) is 7.85. The molecular weight excluding hydrogens is 434 g/mol. The minimum absolute atomic E-state index is 0.152. The molecule has 0 spiro atoms. The average Bonchev–Trinajstić information content (AvgIpc) is 3.25. The van der Waals surface area contributed by atoms with Gasteiger partial charge in [0.15, 0.2) is 0 Å². The molecule has 0 aliphatic rings. The Balaban J connectivity index is 1.42. The number of nitrogens with zero attached hydrogens (tertiary/aromatic N) is 2. The summed E-state index contributed by atoms with van der Waals surface area (Å²) in [7, 11) is 0. The van der Waals surface area contributed by atoms with Gasteiger partial charge in [0.2, 0.25) is 0 Å². The molecule has 0 saturated heterocycles. The van der Waals surface area contributed by atoms with Gasteiger partial charge in [0, 0.05) is 24.0 Å². The van der Waals surface area contributed by atoms with E-state index in [9.17, 15) is 9.90 Å². The number of aliphatic hydroxyl groups excluding tert-OH is 1. The molecule has 0 saturated carbocycles. The van der Waals surface area contributed by atoms with Crippen LogP contribution in [0.15, 0.2) is 83.5 Å². The van der Waals surface area contributed by atoms with E-state index in [1.54, 1.807) is 6.08 Å². The lowest BCUT2D eigenvalue weighted by Crippen LogP contribution is -2.35. The van der Waals surface area contributed by atoms with Crippen molar-refractivity contribution < 1.29 is 9.84 Å². The molecule has 1 atom stereocenters. The summed E-state index contributed by atoms with van der Waals surface area (Å²) in [5.74, 6) is 0.563. The standard InChI is InChI=1S/C26H27N3O3S/c1-2-13-29(14-21(30)17-32-16-19-9-5-3-6-10-19)15-23-27-25(31)24-22(18-33-26(24)28-23)20-11-7-4-8-12-20/h2-12,18,21,30H,1,13-17H2,(H,27,28,31). The first kappa shape index (κ1) is 23.1. The van der Waals surface area contributed by atoms with E-state index in [0.29, 0.717) is 42.3 Å². The molecule has 4 rings (SSSR count). The molecule has 0 aliphatic heterocycles. The molecule has 2 aromatic heterocycles. The van der Waals surface area contributed by atoms with Crippen molar-refractivity contribution in [1.29, 1.82) is 0 Å². The molecule has 0 bridgehead atoms. The maximum Gasteiger partial charge on any atom is 0.260 e. The molecule has 1 unspecified atom stereocenters. The largest absolute Gasteiger partial charge is 0.389 e. The van der Waals surface area contributed by atoms with Crippen LogP contribution >= 0.6 is 11.3 Å². The molecule has 4 aromatic rings. The maximum absolute atomic E-state index is 12.9. The number of rotatable bonds is 11. The van der Waals surface area contributed by atoms with E-state index >= 15 is 0 Å². The Morgan fingerprint density at radius 1 is 1.15 bits per heavy atom. The van der Waals surface area contributed by atoms with E-state index in [2.05, 4.69) is 16.5 Å². The van der Waals surface area contributed by atoms with Gasteiger partial charge in [-0.1, -0.05) is 66.7 Å². The molecule has 170 valence electrons. The van der Waals surface area contributed by atoms with E-state index in [4.69, 9.17) is 4.74 Å². The fraction of sp³-hybridized carbons (Fsp3) is 0.231. The van der Waals surface area contributed by atoms with Crippen molar-refractivity contribution >= 4 is 21.6 Å². The molecular formula is C26H27N3O3S. The molecule has 2 heterocycles. The van der Waals surface area contributed by atoms with E-state index < -0.39 is 6.10 Å². The van der Waals surface area contributed by atoms with Gasteiger partial charge < -0.3 is 14.8 Å². The molecule has 33 heavy (non-hydrogen) atoms. The first-order valence-electron chi connectivity index (χ1n) is 10.8. The minimum atomic E-state index is -0.671. The van der Waals surface area contributed by atoms with Crippen molar-refractivity contribution in [2.75, 3.05) is 19.7 Å². The zero-order valence-electron chi connectivity index (χ0n) is 18.3. The molecule has 0 radical (unpaired) electrons. The zero-order chi connectivity index (χ0) is 23.0. The average molecular weight is 462 g/mol. The Morgan fingerprint density at radius 2 is 1.88 bits per heavy atom. The quantitative estimate of drug-likeness (QED) is 0.327. The molecule has 7 heteroatoms. The number of hydrogen-bond acceptors (Lipinski definition) is 6. The highest BCUT2D eigenvalue weighted by Crippen LogP contribution is 2.30. The predicted molar refractivity (Wildman–Crippen MR) is 133 cm³/mol. The Kier molecular flexibility index (Phi) is 7.80. The van der Waals surface area contributed by atoms with Crippen molar-refractivity contribution in [3.8, 4) is 11.1 Å². The summed E-state index contributed by atoms with van der Waals surface area (Å²) < 4.78 is 5.66. The molecule has 2 N–H and O–H groups in total. The summed E-state index contributed by atoms with van der Waals surface area (Å²) in [6.45, 7) is 5.81. The van der Waals surface area contributed by atoms with Gasteiger partial charge in [-0.25, -0.2) is 4.98 Å². The van der Waals surface area contributed by atoms with Gasteiger partial charge in [-0.05, 0) is 11.1 Å². The van der Waals surface area contributed by atoms with Gasteiger partial charge in [-0.15, -0.1) is 17.9 Å². The topological polar surface area (TPSA) is 78.5 Å². The number of fused-ring (bicyclic) bond motifs is 1. The maximum atomic E-state index is 12.9. The van der Waals surface area contributed by atoms with Crippen LogP contribution in [0.5, 0.6) is 0 Å². The summed E-state index contributed by atoms with van der Waals surface area (Å²) in [6.07, 6.45) is 1.10. The first-order valence-corrected chi connectivity index (χ1v) is 11.7. The number of nitrogens with one attached hydrogen (secondary N) is 1. The highest BCUT2D eigenvalue weighted by Gasteiger charge is 2.16. The van der Waals surface area contributed by atoms with Gasteiger partial charge in [0.1, 0.15) is 10.7 Å². The van der Waals surface area contributed by atoms with Gasteiger partial charge in [0.25, 0.3) is 5.56 Å². The SMILES string of the molecule is C=CCN(Cc1nc2scc(-c3ccccc3)c2c(=O)[nH]1)CC(O)COCc1ccccc1. The number of aromatic nitrogens is 2. The Bertz CT molecular complexity index is 1240. The van der Waals surface area contributed by atoms with Crippen molar-refractivity contribution in [2.45, 2.75) is 19.3 Å². The number of ether oxygens (including phenoxy) is 1. The van der Waals surface area contributed by atoms with Crippen molar-refractivity contribution in [3.05, 3.63) is 100 Å². The third-order valence-corrected chi connectivity index (χ3v) is 6.10. The van der Waals surface area contributed by atoms with Gasteiger partial charge >= 0.3 is 0 Å². The number of benzene rings is 2. The summed E-state index contributed by atoms with van der Waals surface area (Å²) in [4.78, 5) is 23.2. The van der Waals surface area contributed by atoms with Crippen LogP contribution in [0.3, 0.4) is 0 Å². The van der Waals surface area contributed by atoms with Crippen LogP contribution in [-0.2, 0) is 17.9 Å². The van der Waals surface area contributed by atoms with E-state index in [1.165, 1.54) is 11.3 Å². The first-order chi connectivity index (χ1) is 16.1. The van der Waals surface area contributed by atoms with Crippen LogP contribution < -0.4 is 5.56 Å². The van der Waals surface area contributed by atoms with Crippen LogP contribution in [0.25, 0.3) is 21.3 Å². The number of hydrogen-bond donors (Lipinski definition) is 2. The molecule has 6 nitrogen and oxygen atoms in total. The van der Waals surface area contributed by atoms with Crippen LogP contribution in [0.4, 0.5) is 0 Å². The second-order valence-corrected chi connectivity index (χ2v) is 8.70. The van der Waals surface area contributed by atoms with E-state index in [-0.39, 0.29) is 12.2 Å². The number of H-pyrrole nitrogens is 1. The Morgan fingerprint density at radius 3 is 2.61 bits per heavy atom. The lowest BCUT2D eigenvalue weighted by atomic mass is 10.1. The highest BCUT2D eigenvalue weighted by atomic mass is 32.1. The highest BCUT2D eigenvalue weighted by molar-refractivity contribution is 7.17. The lowest BCUT2D eigenvalue weighted by Gasteiger charge is -2.23. The van der Waals surface area contributed by atoms with E-state index in [1.807, 2.05) is 70.9 Å². The molecule has 2 aromatic carbocycles. The van der Waals surface area contributed by atoms with Crippen LogP contribution in [0.1, 0.15) is 11.4 Å². The zero-order valence-corrected chi connectivity index (χ0v) is 19.1. The third kappa shape index (κ3) is 6.03. The number of aromatic amines is 1. The summed E-state index contributed by atoms with van der Waals surface area (Å²) in [6, 6.07) is 19.7. The summed E-state index contributed by atoms with van der Waals surface area (Å²) >= 11 is 1.46. The fourth-order valence-corrected chi connectivity index (χ4v) is 4.70. The summed E-state index contributed by atoms with van der Waals surface area (Å²) in [5.41, 5.74) is 2.80. The van der Waals surface area contributed by atoms with Crippen LogP contribution in [0.2, 0.25) is 0 Å². The Hall–Kier alpha value is -3.10. The summed E-state index contributed by atoms with van der Waals surface area (Å²) in [5, 5.41) is 13.1. The van der Waals surface area contributed by atoms with Crippen LogP contribution in [-0.4, -0.2) is 45.8 Å². The van der Waals surface area contributed by atoms with E-state index in [0.717, 1.165) is 16.7 Å². The number of aliphatic hydroxyl groups is 1. The predicted octanol–water partition coefficient (Wildman–Crippen LogP) is 4.22. The normalized spacial score (nSPS) is 12.3. The molecule has 0 aliphatic carbocycles.